The number of methoxy groups -OCH3 is 2. The molecule has 1 heterocycles. The third-order valence-electron chi connectivity index (χ3n) is 5.39. The number of carbonyl (C=O) groups excluding carboxylic acids is 2. The molecule has 2 atom stereocenters. The molecule has 3 rings (SSSR count). The molecule has 1 N–H and O–H groups in total. The molecule has 0 fully saturated rings. The Labute approximate surface area is 169 Å². The van der Waals surface area contributed by atoms with Crippen molar-refractivity contribution >= 4 is 29.1 Å². The Hall–Kier alpha value is -2.34. The molecule has 1 unspecified atom stereocenters. The van der Waals surface area contributed by atoms with Crippen molar-refractivity contribution in [1.82, 2.24) is 0 Å². The Balaban J connectivity index is 2.26. The quantitative estimate of drug-likeness (QED) is 0.767. The number of aliphatic imine (C=N–C) groups is 1. The van der Waals surface area contributed by atoms with Crippen LogP contribution in [0.4, 0.5) is 0 Å². The minimum atomic E-state index is -0.751. The van der Waals surface area contributed by atoms with E-state index in [0.717, 1.165) is 0 Å². The summed E-state index contributed by atoms with van der Waals surface area (Å²) in [6, 6.07) is 3.17. The number of phenolic OH excluding ortho intramolecular Hbond substituents is 1. The van der Waals surface area contributed by atoms with E-state index in [1.54, 1.807) is 19.1 Å². The molecule has 0 bridgehead atoms. The predicted molar refractivity (Wildman–Crippen MR) is 106 cm³/mol. The van der Waals surface area contributed by atoms with Crippen LogP contribution in [-0.2, 0) is 14.3 Å². The molecule has 0 saturated carbocycles. The number of ketones is 1. The summed E-state index contributed by atoms with van der Waals surface area (Å²) in [7, 11) is 2.73. The molecule has 150 valence electrons. The Morgan fingerprint density at radius 3 is 2.57 bits per heavy atom. The first-order valence-corrected chi connectivity index (χ1v) is 9.43. The van der Waals surface area contributed by atoms with Gasteiger partial charge < -0.3 is 14.6 Å². The molecule has 7 heteroatoms. The third-order valence-corrected chi connectivity index (χ3v) is 5.68. The standard InChI is InChI=1S/C21H24ClNO5/c1-10-16(20(26)28-5)17(11-6-12(22)19(25)15(7-11)27-4)18-13(23-10)8-21(2,3)9-14(18)24/h6-7,16-17,25H,8-9H2,1-5H3/t16?,17-/m0/s1. The summed E-state index contributed by atoms with van der Waals surface area (Å²) < 4.78 is 10.2. The van der Waals surface area contributed by atoms with Crippen LogP contribution >= 0.6 is 11.6 Å². The van der Waals surface area contributed by atoms with Gasteiger partial charge in [-0.25, -0.2) is 0 Å². The van der Waals surface area contributed by atoms with Crippen LogP contribution in [0.15, 0.2) is 28.4 Å². The number of halogens is 1. The zero-order chi connectivity index (χ0) is 20.8. The van der Waals surface area contributed by atoms with Gasteiger partial charge in [0.2, 0.25) is 0 Å². The van der Waals surface area contributed by atoms with E-state index in [1.165, 1.54) is 14.2 Å². The lowest BCUT2D eigenvalue weighted by Gasteiger charge is -2.39. The van der Waals surface area contributed by atoms with Gasteiger partial charge in [-0.05, 0) is 36.5 Å². The van der Waals surface area contributed by atoms with E-state index < -0.39 is 17.8 Å². The van der Waals surface area contributed by atoms with Gasteiger partial charge in [-0.15, -0.1) is 0 Å². The number of esters is 1. The molecule has 6 nitrogen and oxygen atoms in total. The molecule has 1 aromatic rings. The first-order valence-electron chi connectivity index (χ1n) is 9.05. The average molecular weight is 406 g/mol. The number of phenols is 1. The maximum atomic E-state index is 13.1. The van der Waals surface area contributed by atoms with Crippen molar-refractivity contribution in [3.63, 3.8) is 0 Å². The molecule has 0 radical (unpaired) electrons. The van der Waals surface area contributed by atoms with Crippen molar-refractivity contribution in [1.29, 1.82) is 0 Å². The van der Waals surface area contributed by atoms with Gasteiger partial charge in [0.05, 0.1) is 19.2 Å². The van der Waals surface area contributed by atoms with E-state index in [2.05, 4.69) is 4.99 Å². The minimum absolute atomic E-state index is 0.0374. The van der Waals surface area contributed by atoms with Crippen LogP contribution in [0.25, 0.3) is 0 Å². The van der Waals surface area contributed by atoms with Crippen LogP contribution in [0.3, 0.4) is 0 Å². The van der Waals surface area contributed by atoms with Crippen LogP contribution in [0.5, 0.6) is 11.5 Å². The molecule has 1 aromatic carbocycles. The van der Waals surface area contributed by atoms with Crippen molar-refractivity contribution < 1.29 is 24.2 Å². The first kappa shape index (κ1) is 20.4. The molecule has 0 amide bonds. The summed E-state index contributed by atoms with van der Waals surface area (Å²) in [5.41, 5.74) is 2.21. The number of allylic oxidation sites excluding steroid dienone is 2. The van der Waals surface area contributed by atoms with Crippen molar-refractivity contribution in [2.45, 2.75) is 39.5 Å². The Bertz CT molecular complexity index is 916. The number of benzene rings is 1. The monoisotopic (exact) mass is 405 g/mol. The number of hydrogen-bond acceptors (Lipinski definition) is 6. The van der Waals surface area contributed by atoms with Crippen molar-refractivity contribution in [3.8, 4) is 11.5 Å². The molecule has 28 heavy (non-hydrogen) atoms. The summed E-state index contributed by atoms with van der Waals surface area (Å²) in [6.45, 7) is 5.83. The van der Waals surface area contributed by atoms with Gasteiger partial charge >= 0.3 is 5.97 Å². The molecule has 1 aliphatic carbocycles. The van der Waals surface area contributed by atoms with Crippen LogP contribution in [0.1, 0.15) is 45.1 Å². The molecule has 1 aliphatic heterocycles. The third kappa shape index (κ3) is 3.41. The Morgan fingerprint density at radius 1 is 1.29 bits per heavy atom. The van der Waals surface area contributed by atoms with Gasteiger partial charge in [0.25, 0.3) is 0 Å². The van der Waals surface area contributed by atoms with Gasteiger partial charge in [-0.3, -0.25) is 14.6 Å². The van der Waals surface area contributed by atoms with Crippen LogP contribution in [-0.4, -0.2) is 36.8 Å². The summed E-state index contributed by atoms with van der Waals surface area (Å²) in [5.74, 6) is -1.87. The Kier molecular flexibility index (Phi) is 5.28. The van der Waals surface area contributed by atoms with Crippen LogP contribution < -0.4 is 4.74 Å². The van der Waals surface area contributed by atoms with Gasteiger partial charge in [0, 0.05) is 29.3 Å². The van der Waals surface area contributed by atoms with E-state index >= 15 is 0 Å². The lowest BCUT2D eigenvalue weighted by molar-refractivity contribution is -0.143. The van der Waals surface area contributed by atoms with Crippen LogP contribution in [0, 0.1) is 11.3 Å². The number of Topliss-reactive ketones (excluding diaryl/α,β-unsaturated/α-hetero) is 1. The number of ether oxygens (including phenoxy) is 2. The highest BCUT2D eigenvalue weighted by molar-refractivity contribution is 6.32. The predicted octanol–water partition coefficient (Wildman–Crippen LogP) is 4.04. The van der Waals surface area contributed by atoms with Gasteiger partial charge in [-0.2, -0.15) is 0 Å². The lowest BCUT2D eigenvalue weighted by atomic mass is 9.67. The van der Waals surface area contributed by atoms with Gasteiger partial charge in [0.1, 0.15) is 5.92 Å². The maximum Gasteiger partial charge on any atom is 0.315 e. The molecule has 2 aliphatic rings. The highest BCUT2D eigenvalue weighted by atomic mass is 35.5. The topological polar surface area (TPSA) is 85.2 Å². The summed E-state index contributed by atoms with van der Waals surface area (Å²) in [5, 5.41) is 10.2. The van der Waals surface area contributed by atoms with Gasteiger partial charge in [0.15, 0.2) is 17.3 Å². The minimum Gasteiger partial charge on any atom is -0.503 e. The van der Waals surface area contributed by atoms with Crippen molar-refractivity contribution in [2.24, 2.45) is 16.3 Å². The summed E-state index contributed by atoms with van der Waals surface area (Å²) in [6.07, 6.45) is 1.01. The molecule has 0 spiro atoms. The SMILES string of the molecule is COC(=O)C1C(C)=NC2=C(C(=O)CC(C)(C)C2)[C@H]1c1cc(Cl)c(O)c(OC)c1. The zero-order valence-corrected chi connectivity index (χ0v) is 17.4. The highest BCUT2D eigenvalue weighted by Crippen LogP contribution is 2.49. The highest BCUT2D eigenvalue weighted by Gasteiger charge is 2.46. The second-order valence-electron chi connectivity index (χ2n) is 8.09. The fourth-order valence-corrected chi connectivity index (χ4v) is 4.39. The normalized spacial score (nSPS) is 23.8. The van der Waals surface area contributed by atoms with Crippen molar-refractivity contribution in [2.75, 3.05) is 14.2 Å². The van der Waals surface area contributed by atoms with E-state index in [0.29, 0.717) is 35.4 Å². The molecule has 0 aromatic heterocycles. The number of rotatable bonds is 3. The van der Waals surface area contributed by atoms with E-state index in [1.807, 2.05) is 13.8 Å². The molecular weight excluding hydrogens is 382 g/mol. The lowest BCUT2D eigenvalue weighted by Crippen LogP contribution is -2.39. The number of aromatic hydroxyl groups is 1. The zero-order valence-electron chi connectivity index (χ0n) is 16.6. The van der Waals surface area contributed by atoms with Crippen molar-refractivity contribution in [3.05, 3.63) is 34.0 Å². The fourth-order valence-electron chi connectivity index (χ4n) is 4.17. The molecule has 0 saturated heterocycles. The van der Waals surface area contributed by atoms with E-state index in [-0.39, 0.29) is 27.7 Å². The second kappa shape index (κ2) is 7.24. The largest absolute Gasteiger partial charge is 0.503 e. The summed E-state index contributed by atoms with van der Waals surface area (Å²) >= 11 is 6.19. The number of hydrogen-bond donors (Lipinski definition) is 1. The van der Waals surface area contributed by atoms with E-state index in [4.69, 9.17) is 21.1 Å². The van der Waals surface area contributed by atoms with E-state index in [9.17, 15) is 14.7 Å². The van der Waals surface area contributed by atoms with Gasteiger partial charge in [-0.1, -0.05) is 25.4 Å². The number of carbonyl (C=O) groups is 2. The average Bonchev–Trinajstić information content (AvgIpc) is 2.61. The van der Waals surface area contributed by atoms with Crippen LogP contribution in [0.2, 0.25) is 5.02 Å². The maximum absolute atomic E-state index is 13.1. The first-order chi connectivity index (χ1) is 13.1. The second-order valence-corrected chi connectivity index (χ2v) is 8.49. The molecular formula is C21H24ClNO5. The smallest absolute Gasteiger partial charge is 0.315 e. The number of nitrogens with zero attached hydrogens (tertiary/aromatic N) is 1. The Morgan fingerprint density at radius 2 is 1.96 bits per heavy atom. The fraction of sp³-hybridized carbons (Fsp3) is 0.476. The summed E-state index contributed by atoms with van der Waals surface area (Å²) in [4.78, 5) is 30.3.